The highest BCUT2D eigenvalue weighted by Gasteiger charge is 2.21. The van der Waals surface area contributed by atoms with Crippen molar-refractivity contribution in [2.75, 3.05) is 5.32 Å². The van der Waals surface area contributed by atoms with Crippen LogP contribution in [0.15, 0.2) is 54.7 Å². The van der Waals surface area contributed by atoms with Gasteiger partial charge >= 0.3 is 0 Å². The monoisotopic (exact) mass is 337 g/mol. The van der Waals surface area contributed by atoms with E-state index >= 15 is 0 Å². The van der Waals surface area contributed by atoms with Crippen LogP contribution in [0, 0.1) is 12.7 Å². The Kier molecular flexibility index (Phi) is 4.65. The lowest BCUT2D eigenvalue weighted by Gasteiger charge is -2.13. The molecule has 0 bridgehead atoms. The number of rotatable bonds is 4. The van der Waals surface area contributed by atoms with Gasteiger partial charge in [-0.2, -0.15) is 5.10 Å². The minimum Gasteiger partial charge on any atom is -0.322 e. The van der Waals surface area contributed by atoms with Gasteiger partial charge in [0.25, 0.3) is 5.91 Å². The number of aromatic nitrogens is 2. The molecule has 3 aromatic rings. The maximum Gasteiger partial charge on any atom is 0.259 e. The molecule has 0 aliphatic heterocycles. The summed E-state index contributed by atoms with van der Waals surface area (Å²) in [7, 11) is 0. The van der Waals surface area contributed by atoms with Crippen LogP contribution in [-0.4, -0.2) is 15.7 Å². The largest absolute Gasteiger partial charge is 0.322 e. The van der Waals surface area contributed by atoms with Gasteiger partial charge in [0.2, 0.25) is 0 Å². The molecule has 0 radical (unpaired) electrons. The van der Waals surface area contributed by atoms with E-state index in [0.717, 1.165) is 22.6 Å². The first kappa shape index (κ1) is 16.9. The summed E-state index contributed by atoms with van der Waals surface area (Å²) in [5, 5.41) is 7.30. The quantitative estimate of drug-likeness (QED) is 0.750. The molecule has 5 heteroatoms. The van der Waals surface area contributed by atoms with E-state index in [0.29, 0.717) is 5.56 Å². The number of carbonyl (C=O) groups excluding carboxylic acids is 1. The second kappa shape index (κ2) is 6.89. The summed E-state index contributed by atoms with van der Waals surface area (Å²) in [6.07, 6.45) is 1.56. The zero-order valence-electron chi connectivity index (χ0n) is 14.5. The lowest BCUT2D eigenvalue weighted by atomic mass is 10.0. The molecule has 0 aliphatic carbocycles. The van der Waals surface area contributed by atoms with Gasteiger partial charge in [0.1, 0.15) is 5.82 Å². The Morgan fingerprint density at radius 2 is 1.80 bits per heavy atom. The Morgan fingerprint density at radius 1 is 1.12 bits per heavy atom. The summed E-state index contributed by atoms with van der Waals surface area (Å²) in [4.78, 5) is 12.8. The van der Waals surface area contributed by atoms with Gasteiger partial charge in [0.05, 0.1) is 23.1 Å². The third-order valence-electron chi connectivity index (χ3n) is 4.06. The number of hydrogen-bond donors (Lipinski definition) is 1. The molecule has 25 heavy (non-hydrogen) atoms. The lowest BCUT2D eigenvalue weighted by molar-refractivity contribution is 0.102. The molecule has 1 N–H and O–H groups in total. The topological polar surface area (TPSA) is 46.9 Å². The molecule has 3 rings (SSSR count). The summed E-state index contributed by atoms with van der Waals surface area (Å²) >= 11 is 0. The molecular formula is C20H20FN3O. The highest BCUT2D eigenvalue weighted by Crippen LogP contribution is 2.24. The standard InChI is InChI=1S/C20H20FN3O/c1-13(2)19-17(20(25)23-18-7-5-4-6-14(18)3)12-22-24(19)16-10-8-15(21)9-11-16/h4-13H,1-3H3,(H,23,25). The van der Waals surface area contributed by atoms with Crippen LogP contribution in [0.3, 0.4) is 0 Å². The smallest absolute Gasteiger partial charge is 0.259 e. The van der Waals surface area contributed by atoms with Crippen LogP contribution < -0.4 is 5.32 Å². The Morgan fingerprint density at radius 3 is 2.44 bits per heavy atom. The van der Waals surface area contributed by atoms with Crippen molar-refractivity contribution in [2.45, 2.75) is 26.7 Å². The van der Waals surface area contributed by atoms with Crippen LogP contribution in [-0.2, 0) is 0 Å². The van der Waals surface area contributed by atoms with Crippen LogP contribution in [0.5, 0.6) is 0 Å². The predicted octanol–water partition coefficient (Wildman–Crippen LogP) is 4.70. The fourth-order valence-electron chi connectivity index (χ4n) is 2.78. The minimum absolute atomic E-state index is 0.0742. The summed E-state index contributed by atoms with van der Waals surface area (Å²) < 4.78 is 14.9. The normalized spacial score (nSPS) is 10.9. The van der Waals surface area contributed by atoms with Crippen LogP contribution in [0.1, 0.15) is 41.4 Å². The number of amides is 1. The number of halogens is 1. The molecule has 2 aromatic carbocycles. The third kappa shape index (κ3) is 3.45. The third-order valence-corrected chi connectivity index (χ3v) is 4.06. The van der Waals surface area contributed by atoms with Gasteiger partial charge in [-0.3, -0.25) is 4.79 Å². The Bertz CT molecular complexity index is 898. The molecule has 0 spiro atoms. The van der Waals surface area contributed by atoms with E-state index in [-0.39, 0.29) is 17.6 Å². The first-order chi connectivity index (χ1) is 12.0. The molecule has 1 aromatic heterocycles. The van der Waals surface area contributed by atoms with Crippen molar-refractivity contribution in [2.24, 2.45) is 0 Å². The minimum atomic E-state index is -0.306. The number of hydrogen-bond acceptors (Lipinski definition) is 2. The number of anilines is 1. The fraction of sp³-hybridized carbons (Fsp3) is 0.200. The van der Waals surface area contributed by atoms with E-state index < -0.39 is 0 Å². The number of benzene rings is 2. The SMILES string of the molecule is Cc1ccccc1NC(=O)c1cnn(-c2ccc(F)cc2)c1C(C)C. The van der Waals surface area contributed by atoms with Crippen molar-refractivity contribution in [3.05, 3.63) is 77.4 Å². The summed E-state index contributed by atoms with van der Waals surface area (Å²) in [5.41, 5.74) is 3.80. The fourth-order valence-corrected chi connectivity index (χ4v) is 2.78. The maximum atomic E-state index is 13.2. The van der Waals surface area contributed by atoms with Gasteiger partial charge < -0.3 is 5.32 Å². The number of carbonyl (C=O) groups is 1. The lowest BCUT2D eigenvalue weighted by Crippen LogP contribution is -2.16. The van der Waals surface area contributed by atoms with E-state index in [9.17, 15) is 9.18 Å². The van der Waals surface area contributed by atoms with E-state index in [1.165, 1.54) is 12.1 Å². The van der Waals surface area contributed by atoms with Gasteiger partial charge in [-0.05, 0) is 48.7 Å². The molecule has 0 unspecified atom stereocenters. The van der Waals surface area contributed by atoms with Gasteiger partial charge in [-0.15, -0.1) is 0 Å². The zero-order valence-corrected chi connectivity index (χ0v) is 14.5. The van der Waals surface area contributed by atoms with Gasteiger partial charge in [-0.1, -0.05) is 32.0 Å². The highest BCUT2D eigenvalue weighted by molar-refractivity contribution is 6.05. The molecule has 0 fully saturated rings. The molecule has 0 atom stereocenters. The van der Waals surface area contributed by atoms with E-state index in [2.05, 4.69) is 10.4 Å². The predicted molar refractivity (Wildman–Crippen MR) is 96.7 cm³/mol. The van der Waals surface area contributed by atoms with E-state index in [1.54, 1.807) is 23.0 Å². The number of nitrogens with zero attached hydrogens (tertiary/aromatic N) is 2. The van der Waals surface area contributed by atoms with Crippen LogP contribution in [0.25, 0.3) is 5.69 Å². The Hall–Kier alpha value is -2.95. The molecule has 0 aliphatic rings. The van der Waals surface area contributed by atoms with Gasteiger partial charge in [0, 0.05) is 5.69 Å². The number of nitrogens with one attached hydrogen (secondary N) is 1. The maximum absolute atomic E-state index is 13.2. The Balaban J connectivity index is 1.98. The molecule has 0 saturated carbocycles. The van der Waals surface area contributed by atoms with Crippen molar-refractivity contribution in [1.29, 1.82) is 0 Å². The second-order valence-electron chi connectivity index (χ2n) is 6.26. The van der Waals surface area contributed by atoms with E-state index in [1.807, 2.05) is 45.0 Å². The highest BCUT2D eigenvalue weighted by atomic mass is 19.1. The van der Waals surface area contributed by atoms with Crippen LogP contribution >= 0.6 is 0 Å². The first-order valence-corrected chi connectivity index (χ1v) is 8.18. The Labute approximate surface area is 146 Å². The molecule has 1 amide bonds. The van der Waals surface area contributed by atoms with Gasteiger partial charge in [-0.25, -0.2) is 9.07 Å². The van der Waals surface area contributed by atoms with Crippen molar-refractivity contribution in [1.82, 2.24) is 9.78 Å². The van der Waals surface area contributed by atoms with Crippen molar-refractivity contribution in [3.8, 4) is 5.69 Å². The summed E-state index contributed by atoms with van der Waals surface area (Å²) in [6.45, 7) is 5.95. The number of aryl methyl sites for hydroxylation is 1. The van der Waals surface area contributed by atoms with Crippen molar-refractivity contribution >= 4 is 11.6 Å². The van der Waals surface area contributed by atoms with Crippen LogP contribution in [0.4, 0.5) is 10.1 Å². The zero-order chi connectivity index (χ0) is 18.0. The molecular weight excluding hydrogens is 317 g/mol. The summed E-state index contributed by atoms with van der Waals surface area (Å²) in [5.74, 6) is -0.434. The van der Waals surface area contributed by atoms with E-state index in [4.69, 9.17) is 0 Å². The first-order valence-electron chi connectivity index (χ1n) is 8.18. The van der Waals surface area contributed by atoms with Crippen molar-refractivity contribution < 1.29 is 9.18 Å². The number of para-hydroxylation sites is 1. The van der Waals surface area contributed by atoms with Gasteiger partial charge in [0.15, 0.2) is 0 Å². The molecule has 0 saturated heterocycles. The average Bonchev–Trinajstić information content (AvgIpc) is 3.03. The van der Waals surface area contributed by atoms with Crippen molar-refractivity contribution in [3.63, 3.8) is 0 Å². The second-order valence-corrected chi connectivity index (χ2v) is 6.26. The average molecular weight is 337 g/mol. The molecule has 1 heterocycles. The summed E-state index contributed by atoms with van der Waals surface area (Å²) in [6, 6.07) is 13.7. The van der Waals surface area contributed by atoms with Crippen LogP contribution in [0.2, 0.25) is 0 Å². The molecule has 128 valence electrons. The molecule has 4 nitrogen and oxygen atoms in total.